The lowest BCUT2D eigenvalue weighted by Crippen LogP contribution is -2.36. The summed E-state index contributed by atoms with van der Waals surface area (Å²) in [6, 6.07) is 8.40. The summed E-state index contributed by atoms with van der Waals surface area (Å²) in [7, 11) is 0. The molecule has 10 heteroatoms. The van der Waals surface area contributed by atoms with Crippen LogP contribution in [-0.2, 0) is 4.74 Å². The molecule has 1 aliphatic rings. The van der Waals surface area contributed by atoms with Gasteiger partial charge in [-0.1, -0.05) is 12.1 Å². The van der Waals surface area contributed by atoms with Gasteiger partial charge in [-0.15, -0.1) is 0 Å². The predicted molar refractivity (Wildman–Crippen MR) is 113 cm³/mol. The van der Waals surface area contributed by atoms with Crippen LogP contribution in [0.2, 0.25) is 0 Å². The summed E-state index contributed by atoms with van der Waals surface area (Å²) in [5, 5.41) is 0. The number of hydrogen-bond acceptors (Lipinski definition) is 6. The molecular weight excluding hydrogens is 420 g/mol. The number of aryl methyl sites for hydroxylation is 1. The maximum absolute atomic E-state index is 13.7. The number of carbonyl (C=O) groups excluding carboxylic acids is 1. The molecule has 1 aromatic carbocycles. The van der Waals surface area contributed by atoms with Crippen LogP contribution in [0.15, 0.2) is 30.3 Å². The van der Waals surface area contributed by atoms with Crippen LogP contribution in [-0.4, -0.2) is 55.3 Å². The van der Waals surface area contributed by atoms with Crippen molar-refractivity contribution in [2.75, 3.05) is 13.1 Å². The number of likely N-dealkylation sites (tertiary alicyclic amines) is 1. The van der Waals surface area contributed by atoms with E-state index in [1.807, 2.05) is 20.8 Å². The largest absolute Gasteiger partial charge is 0.472 e. The molecule has 0 aliphatic carbocycles. The summed E-state index contributed by atoms with van der Waals surface area (Å²) >= 11 is 0. The number of alkyl halides is 2. The Morgan fingerprint density at radius 3 is 2.66 bits per heavy atom. The van der Waals surface area contributed by atoms with Crippen molar-refractivity contribution in [3.8, 4) is 11.7 Å². The lowest BCUT2D eigenvalue weighted by Gasteiger charge is -2.24. The highest BCUT2D eigenvalue weighted by molar-refractivity contribution is 5.78. The average Bonchev–Trinajstić information content (AvgIpc) is 3.31. The van der Waals surface area contributed by atoms with Gasteiger partial charge in [-0.3, -0.25) is 4.57 Å². The number of fused-ring (bicyclic) bond motifs is 1. The molecule has 1 fully saturated rings. The zero-order valence-corrected chi connectivity index (χ0v) is 18.4. The van der Waals surface area contributed by atoms with Gasteiger partial charge in [0.2, 0.25) is 5.88 Å². The number of ether oxygens (including phenoxy) is 2. The smallest absolute Gasteiger partial charge is 0.410 e. The summed E-state index contributed by atoms with van der Waals surface area (Å²) in [6.07, 6.45) is -2.86. The summed E-state index contributed by atoms with van der Waals surface area (Å²) in [6.45, 7) is 7.95. The van der Waals surface area contributed by atoms with E-state index in [1.54, 1.807) is 36.1 Å². The fourth-order valence-corrected chi connectivity index (χ4v) is 3.62. The molecule has 0 N–H and O–H groups in total. The van der Waals surface area contributed by atoms with Crippen molar-refractivity contribution in [1.29, 1.82) is 0 Å². The highest BCUT2D eigenvalue weighted by Crippen LogP contribution is 2.29. The summed E-state index contributed by atoms with van der Waals surface area (Å²) in [4.78, 5) is 26.6. The van der Waals surface area contributed by atoms with Gasteiger partial charge in [0.25, 0.3) is 6.43 Å². The molecule has 0 bridgehead atoms. The van der Waals surface area contributed by atoms with Crippen molar-refractivity contribution >= 4 is 17.1 Å². The van der Waals surface area contributed by atoms with Crippen LogP contribution in [0, 0.1) is 6.92 Å². The van der Waals surface area contributed by atoms with E-state index in [2.05, 4.69) is 15.0 Å². The molecule has 3 heterocycles. The van der Waals surface area contributed by atoms with Gasteiger partial charge in [-0.25, -0.2) is 23.5 Å². The first kappa shape index (κ1) is 21.9. The number of rotatable bonds is 4. The number of amides is 1. The monoisotopic (exact) mass is 445 g/mol. The van der Waals surface area contributed by atoms with E-state index >= 15 is 0 Å². The SMILES string of the molecule is Cc1nc(O[C@H]2CCN(C(=O)OC(C)(C)C)C2)cc(-n2c(C(F)F)nc3ccccc32)n1. The Labute approximate surface area is 184 Å². The minimum absolute atomic E-state index is 0.249. The van der Waals surface area contributed by atoms with E-state index in [9.17, 15) is 13.6 Å². The van der Waals surface area contributed by atoms with Crippen LogP contribution in [0.4, 0.5) is 13.6 Å². The van der Waals surface area contributed by atoms with Crippen LogP contribution in [0.1, 0.15) is 45.3 Å². The van der Waals surface area contributed by atoms with Crippen molar-refractivity contribution in [2.24, 2.45) is 0 Å². The molecule has 4 rings (SSSR count). The summed E-state index contributed by atoms with van der Waals surface area (Å²) in [5.41, 5.74) is 0.388. The molecule has 0 unspecified atom stereocenters. The number of nitrogens with zero attached hydrogens (tertiary/aromatic N) is 5. The molecule has 3 aromatic rings. The number of para-hydroxylation sites is 2. The Hall–Kier alpha value is -3.30. The molecule has 0 spiro atoms. The van der Waals surface area contributed by atoms with Crippen molar-refractivity contribution in [1.82, 2.24) is 24.4 Å². The second kappa shape index (κ2) is 8.33. The van der Waals surface area contributed by atoms with Gasteiger partial charge in [0.1, 0.15) is 23.3 Å². The quantitative estimate of drug-likeness (QED) is 0.590. The minimum atomic E-state index is -2.78. The third-order valence-corrected chi connectivity index (χ3v) is 4.90. The van der Waals surface area contributed by atoms with Gasteiger partial charge in [0.05, 0.1) is 17.6 Å². The molecule has 1 saturated heterocycles. The maximum Gasteiger partial charge on any atom is 0.410 e. The molecule has 1 aliphatic heterocycles. The van der Waals surface area contributed by atoms with Gasteiger partial charge in [0, 0.05) is 19.0 Å². The molecule has 8 nitrogen and oxygen atoms in total. The Kier molecular flexibility index (Phi) is 5.70. The molecule has 32 heavy (non-hydrogen) atoms. The first-order chi connectivity index (χ1) is 15.1. The maximum atomic E-state index is 13.7. The molecule has 0 radical (unpaired) electrons. The van der Waals surface area contributed by atoms with Gasteiger partial charge >= 0.3 is 6.09 Å². The first-order valence-electron chi connectivity index (χ1n) is 10.4. The average molecular weight is 445 g/mol. The minimum Gasteiger partial charge on any atom is -0.472 e. The van der Waals surface area contributed by atoms with E-state index < -0.39 is 23.9 Å². The van der Waals surface area contributed by atoms with Crippen LogP contribution >= 0.6 is 0 Å². The molecule has 170 valence electrons. The van der Waals surface area contributed by atoms with Gasteiger partial charge < -0.3 is 14.4 Å². The summed E-state index contributed by atoms with van der Waals surface area (Å²) < 4.78 is 40.1. The van der Waals surface area contributed by atoms with Crippen LogP contribution in [0.5, 0.6) is 5.88 Å². The summed E-state index contributed by atoms with van der Waals surface area (Å²) in [5.74, 6) is 0.477. The van der Waals surface area contributed by atoms with Gasteiger partial charge in [-0.05, 0) is 39.8 Å². The van der Waals surface area contributed by atoms with Crippen molar-refractivity contribution in [3.05, 3.63) is 42.0 Å². The number of imidazole rings is 1. The Morgan fingerprint density at radius 1 is 1.19 bits per heavy atom. The van der Waals surface area contributed by atoms with Crippen molar-refractivity contribution < 1.29 is 23.0 Å². The Bertz CT molecular complexity index is 1140. The van der Waals surface area contributed by atoms with Gasteiger partial charge in [0.15, 0.2) is 5.82 Å². The second-order valence-corrected chi connectivity index (χ2v) is 8.66. The second-order valence-electron chi connectivity index (χ2n) is 8.66. The fraction of sp³-hybridized carbons (Fsp3) is 0.455. The highest BCUT2D eigenvalue weighted by atomic mass is 19.3. The van der Waals surface area contributed by atoms with Crippen LogP contribution in [0.25, 0.3) is 16.9 Å². The molecular formula is C22H25F2N5O3. The topological polar surface area (TPSA) is 82.4 Å². The third kappa shape index (κ3) is 4.63. The van der Waals surface area contributed by atoms with E-state index in [0.29, 0.717) is 36.4 Å². The van der Waals surface area contributed by atoms with Gasteiger partial charge in [-0.2, -0.15) is 4.98 Å². The van der Waals surface area contributed by atoms with Crippen molar-refractivity contribution in [3.63, 3.8) is 0 Å². The van der Waals surface area contributed by atoms with Crippen molar-refractivity contribution in [2.45, 2.75) is 52.2 Å². The number of hydrogen-bond donors (Lipinski definition) is 0. The molecule has 2 aromatic heterocycles. The predicted octanol–water partition coefficient (Wildman–Crippen LogP) is 4.45. The molecule has 1 atom stereocenters. The van der Waals surface area contributed by atoms with Crippen LogP contribution in [0.3, 0.4) is 0 Å². The molecule has 0 saturated carbocycles. The van der Waals surface area contributed by atoms with E-state index in [-0.39, 0.29) is 17.8 Å². The third-order valence-electron chi connectivity index (χ3n) is 4.90. The Balaban J connectivity index is 1.58. The standard InChI is InChI=1S/C22H25F2N5O3/c1-13-25-17(29-16-8-6-5-7-15(16)27-20(29)19(23)24)11-18(26-13)31-14-9-10-28(12-14)21(30)32-22(2,3)4/h5-8,11,14,19H,9-10,12H2,1-4H3/t14-/m0/s1. The zero-order valence-electron chi connectivity index (χ0n) is 18.4. The van der Waals surface area contributed by atoms with Crippen LogP contribution < -0.4 is 4.74 Å². The number of benzene rings is 1. The highest BCUT2D eigenvalue weighted by Gasteiger charge is 2.31. The Morgan fingerprint density at radius 2 is 1.94 bits per heavy atom. The normalized spacial score (nSPS) is 16.7. The molecule has 1 amide bonds. The fourth-order valence-electron chi connectivity index (χ4n) is 3.62. The number of carbonyl (C=O) groups is 1. The number of aromatic nitrogens is 4. The van der Waals surface area contributed by atoms with E-state index in [4.69, 9.17) is 9.47 Å². The van der Waals surface area contributed by atoms with E-state index in [0.717, 1.165) is 0 Å². The number of halogens is 2. The zero-order chi connectivity index (χ0) is 23.0. The lowest BCUT2D eigenvalue weighted by atomic mass is 10.2. The lowest BCUT2D eigenvalue weighted by molar-refractivity contribution is 0.0274. The first-order valence-corrected chi connectivity index (χ1v) is 10.4. The van der Waals surface area contributed by atoms with E-state index in [1.165, 1.54) is 10.6 Å².